The Labute approximate surface area is 195 Å². The molecule has 0 bridgehead atoms. The monoisotopic (exact) mass is 498 g/mol. The molecule has 12 heteroatoms. The summed E-state index contributed by atoms with van der Waals surface area (Å²) in [5, 5.41) is 18.9. The molecule has 0 radical (unpaired) electrons. The van der Waals surface area contributed by atoms with Crippen LogP contribution in [0.15, 0.2) is 98.9 Å². The van der Waals surface area contributed by atoms with Gasteiger partial charge in [0, 0.05) is 16.8 Å². The highest BCUT2D eigenvalue weighted by Crippen LogP contribution is 2.41. The number of hydrogen-bond acceptors (Lipinski definition) is 8. The largest absolute Gasteiger partial charge is 0.505 e. The summed E-state index contributed by atoms with van der Waals surface area (Å²) in [6.45, 7) is 0. The Morgan fingerprint density at radius 2 is 1.50 bits per heavy atom. The number of benzene rings is 4. The number of nitrogen functional groups attached to an aromatic ring is 1. The molecule has 5 N–H and O–H groups in total. The minimum atomic E-state index is -4.75. The lowest BCUT2D eigenvalue weighted by Crippen LogP contribution is -2.12. The first kappa shape index (κ1) is 23.2. The SMILES string of the molecule is Nc1ccc2cc(S(=O)(=O)O)c(N=Nc3ccc(S(=O)(=O)Nc4ccccc4)cc3)c(O)c2c1. The van der Waals surface area contributed by atoms with E-state index in [1.807, 2.05) is 0 Å². The maximum absolute atomic E-state index is 12.5. The summed E-state index contributed by atoms with van der Waals surface area (Å²) in [7, 11) is -8.60. The summed E-state index contributed by atoms with van der Waals surface area (Å²) >= 11 is 0. The van der Waals surface area contributed by atoms with E-state index in [0.717, 1.165) is 6.07 Å². The number of hydrogen-bond donors (Lipinski definition) is 4. The Morgan fingerprint density at radius 1 is 0.824 bits per heavy atom. The molecule has 0 aromatic heterocycles. The van der Waals surface area contributed by atoms with Crippen LogP contribution in [0.1, 0.15) is 0 Å². The summed E-state index contributed by atoms with van der Waals surface area (Å²) in [5.74, 6) is -0.535. The molecule has 34 heavy (non-hydrogen) atoms. The van der Waals surface area contributed by atoms with Crippen LogP contribution >= 0.6 is 0 Å². The van der Waals surface area contributed by atoms with Crippen molar-refractivity contribution in [3.8, 4) is 5.75 Å². The fourth-order valence-corrected chi connectivity index (χ4v) is 4.89. The van der Waals surface area contributed by atoms with Crippen LogP contribution in [0.5, 0.6) is 5.75 Å². The Morgan fingerprint density at radius 3 is 2.15 bits per heavy atom. The van der Waals surface area contributed by atoms with E-state index in [0.29, 0.717) is 16.8 Å². The standard InChI is InChI=1S/C22H18N4O6S2/c23-15-7-6-14-12-20(34(30,31)32)21(22(27)19(14)13-15)25-24-16-8-10-18(11-9-16)33(28,29)26-17-4-2-1-3-5-17/h1-13,26-27H,23H2,(H,30,31,32). The van der Waals surface area contributed by atoms with Crippen molar-refractivity contribution >= 4 is 53.7 Å². The highest BCUT2D eigenvalue weighted by molar-refractivity contribution is 7.92. The van der Waals surface area contributed by atoms with Crippen molar-refractivity contribution in [2.75, 3.05) is 10.5 Å². The first-order chi connectivity index (χ1) is 16.0. The molecule has 174 valence electrons. The van der Waals surface area contributed by atoms with Crippen molar-refractivity contribution in [1.82, 2.24) is 0 Å². The van der Waals surface area contributed by atoms with E-state index >= 15 is 0 Å². The topological polar surface area (TPSA) is 172 Å². The van der Waals surface area contributed by atoms with Gasteiger partial charge in [-0.05, 0) is 60.0 Å². The van der Waals surface area contributed by atoms with E-state index in [-0.39, 0.29) is 16.0 Å². The van der Waals surface area contributed by atoms with Crippen LogP contribution in [-0.4, -0.2) is 26.5 Å². The maximum atomic E-state index is 12.5. The number of para-hydroxylation sites is 1. The normalized spacial score (nSPS) is 12.3. The summed E-state index contributed by atoms with van der Waals surface area (Å²) in [4.78, 5) is -0.671. The third kappa shape index (κ3) is 4.83. The van der Waals surface area contributed by atoms with Crippen molar-refractivity contribution < 1.29 is 26.5 Å². The Kier molecular flexibility index (Phi) is 5.96. The van der Waals surface area contributed by atoms with E-state index in [2.05, 4.69) is 15.0 Å². The molecule has 4 aromatic rings. The van der Waals surface area contributed by atoms with Gasteiger partial charge in [-0.1, -0.05) is 24.3 Å². The molecule has 4 aromatic carbocycles. The predicted octanol–water partition coefficient (Wildman–Crippen LogP) is 4.59. The molecule has 0 aliphatic rings. The fourth-order valence-electron chi connectivity index (χ4n) is 3.17. The Balaban J connectivity index is 1.69. The highest BCUT2D eigenvalue weighted by atomic mass is 32.2. The van der Waals surface area contributed by atoms with E-state index in [1.54, 1.807) is 30.3 Å². The number of aromatic hydroxyl groups is 1. The van der Waals surface area contributed by atoms with Gasteiger partial charge < -0.3 is 10.8 Å². The lowest BCUT2D eigenvalue weighted by molar-refractivity contribution is 0.472. The average Bonchev–Trinajstić information content (AvgIpc) is 2.79. The zero-order valence-electron chi connectivity index (χ0n) is 17.3. The number of rotatable bonds is 6. The summed E-state index contributed by atoms with van der Waals surface area (Å²) in [6.07, 6.45) is 0. The predicted molar refractivity (Wildman–Crippen MR) is 128 cm³/mol. The third-order valence-corrected chi connectivity index (χ3v) is 7.06. The second kappa shape index (κ2) is 8.74. The van der Waals surface area contributed by atoms with Crippen molar-refractivity contribution in [1.29, 1.82) is 0 Å². The van der Waals surface area contributed by atoms with Crippen LogP contribution < -0.4 is 10.5 Å². The number of fused-ring (bicyclic) bond motifs is 1. The Hall–Kier alpha value is -4.00. The molecular formula is C22H18N4O6S2. The smallest absolute Gasteiger partial charge is 0.296 e. The van der Waals surface area contributed by atoms with Crippen LogP contribution in [0.4, 0.5) is 22.7 Å². The fraction of sp³-hybridized carbons (Fsp3) is 0. The molecule has 4 rings (SSSR count). The van der Waals surface area contributed by atoms with Crippen molar-refractivity contribution in [3.63, 3.8) is 0 Å². The van der Waals surface area contributed by atoms with Gasteiger partial charge in [0.2, 0.25) is 0 Å². The van der Waals surface area contributed by atoms with E-state index in [9.17, 15) is 26.5 Å². The minimum Gasteiger partial charge on any atom is -0.505 e. The number of nitrogens with two attached hydrogens (primary N) is 1. The van der Waals surface area contributed by atoms with Crippen molar-refractivity contribution in [2.24, 2.45) is 10.2 Å². The van der Waals surface area contributed by atoms with Crippen LogP contribution in [0.3, 0.4) is 0 Å². The van der Waals surface area contributed by atoms with E-state index < -0.39 is 36.5 Å². The third-order valence-electron chi connectivity index (χ3n) is 4.79. The Bertz CT molecular complexity index is 1620. The average molecular weight is 499 g/mol. The molecule has 0 aliphatic carbocycles. The number of anilines is 2. The zero-order valence-corrected chi connectivity index (χ0v) is 19.0. The van der Waals surface area contributed by atoms with Gasteiger partial charge in [-0.2, -0.15) is 13.5 Å². The van der Waals surface area contributed by atoms with Crippen molar-refractivity contribution in [3.05, 3.63) is 78.9 Å². The number of phenols is 1. The van der Waals surface area contributed by atoms with Crippen LogP contribution in [0.2, 0.25) is 0 Å². The zero-order chi connectivity index (χ0) is 24.5. The molecule has 0 atom stereocenters. The van der Waals surface area contributed by atoms with Gasteiger partial charge >= 0.3 is 0 Å². The van der Waals surface area contributed by atoms with Gasteiger partial charge in [0.1, 0.15) is 10.6 Å². The second-order valence-corrected chi connectivity index (χ2v) is 10.3. The lowest BCUT2D eigenvalue weighted by Gasteiger charge is -2.09. The number of phenolic OH excluding ortho intramolecular Hbond substituents is 1. The molecule has 0 amide bonds. The minimum absolute atomic E-state index is 0.0297. The van der Waals surface area contributed by atoms with Gasteiger partial charge in [0.15, 0.2) is 5.75 Å². The summed E-state index contributed by atoms with van der Waals surface area (Å²) in [6, 6.07) is 19.2. The van der Waals surface area contributed by atoms with Gasteiger partial charge in [-0.25, -0.2) is 8.42 Å². The molecule has 0 unspecified atom stereocenters. The van der Waals surface area contributed by atoms with E-state index in [4.69, 9.17) is 5.73 Å². The maximum Gasteiger partial charge on any atom is 0.296 e. The number of sulfonamides is 1. The first-order valence-electron chi connectivity index (χ1n) is 9.67. The molecule has 0 fully saturated rings. The van der Waals surface area contributed by atoms with Gasteiger partial charge in [-0.3, -0.25) is 9.27 Å². The van der Waals surface area contributed by atoms with E-state index in [1.165, 1.54) is 42.5 Å². The van der Waals surface area contributed by atoms with Crippen LogP contribution in [0, 0.1) is 0 Å². The number of nitrogens with zero attached hydrogens (tertiary/aromatic N) is 2. The first-order valence-corrected chi connectivity index (χ1v) is 12.6. The van der Waals surface area contributed by atoms with Gasteiger partial charge in [0.05, 0.1) is 10.6 Å². The molecular weight excluding hydrogens is 480 g/mol. The molecule has 0 saturated heterocycles. The molecule has 0 spiro atoms. The lowest BCUT2D eigenvalue weighted by atomic mass is 10.1. The number of azo groups is 1. The summed E-state index contributed by atoms with van der Waals surface area (Å²) in [5.41, 5.74) is 6.16. The molecule has 0 aliphatic heterocycles. The molecule has 0 saturated carbocycles. The quantitative estimate of drug-likeness (QED) is 0.171. The van der Waals surface area contributed by atoms with Crippen molar-refractivity contribution in [2.45, 2.75) is 9.79 Å². The molecule has 10 nitrogen and oxygen atoms in total. The van der Waals surface area contributed by atoms with Gasteiger partial charge in [-0.15, -0.1) is 5.11 Å². The number of nitrogens with one attached hydrogen (secondary N) is 1. The highest BCUT2D eigenvalue weighted by Gasteiger charge is 2.22. The molecule has 0 heterocycles. The van der Waals surface area contributed by atoms with Crippen LogP contribution in [0.25, 0.3) is 10.8 Å². The van der Waals surface area contributed by atoms with Gasteiger partial charge in [0.25, 0.3) is 20.1 Å². The van der Waals surface area contributed by atoms with Crippen LogP contribution in [-0.2, 0) is 20.1 Å². The second-order valence-electron chi connectivity index (χ2n) is 7.19. The summed E-state index contributed by atoms with van der Waals surface area (Å²) < 4.78 is 60.9.